The quantitative estimate of drug-likeness (QED) is 0.0443. The Hall–Kier alpha value is -8.46. The Morgan fingerprint density at radius 2 is 0.943 bits per heavy atom. The van der Waals surface area contributed by atoms with Gasteiger partial charge in [-0.1, -0.05) is 225 Å². The van der Waals surface area contributed by atoms with Gasteiger partial charge in [-0.15, -0.1) is 0 Å². The molecular formula is C73H72BClN2O10P-. The average molecular weight is 1210 g/mol. The summed E-state index contributed by atoms with van der Waals surface area (Å²) >= 11 is 5.90. The number of nitro benzene ring substituents is 2. The van der Waals surface area contributed by atoms with Crippen LogP contribution in [0.25, 0.3) is 86.9 Å². The summed E-state index contributed by atoms with van der Waals surface area (Å²) in [7, 11) is -2.45. The number of non-ortho nitro benzene ring substituents is 2. The molecule has 88 heavy (non-hydrogen) atoms. The number of hydrogen-bond acceptors (Lipinski definition) is 10. The molecule has 0 bridgehead atoms. The largest absolute Gasteiger partial charge is 0.488 e. The van der Waals surface area contributed by atoms with E-state index in [9.17, 15) is 20.2 Å². The number of hydrogen-bond donors (Lipinski definition) is 2. The van der Waals surface area contributed by atoms with Gasteiger partial charge in [0, 0.05) is 25.3 Å². The number of nitrogens with zero attached hydrogens (tertiary/aromatic N) is 2. The van der Waals surface area contributed by atoms with Crippen molar-refractivity contribution in [3.8, 4) is 22.3 Å². The predicted molar refractivity (Wildman–Crippen MR) is 368 cm³/mol. The predicted octanol–water partition coefficient (Wildman–Crippen LogP) is 19.3. The van der Waals surface area contributed by atoms with Crippen molar-refractivity contribution in [1.82, 2.24) is 0 Å². The smallest absolute Gasteiger partial charge is 0.423 e. The van der Waals surface area contributed by atoms with E-state index < -0.39 is 20.6 Å². The van der Waals surface area contributed by atoms with Crippen LogP contribution in [0.4, 0.5) is 11.4 Å². The molecule has 2 aliphatic rings. The Bertz CT molecular complexity index is 4260. The first kappa shape index (κ1) is 67.1. The Morgan fingerprint density at radius 3 is 1.50 bits per heavy atom. The normalized spacial score (nSPS) is 11.6. The van der Waals surface area contributed by atoms with Crippen molar-refractivity contribution in [3.63, 3.8) is 0 Å². The molecule has 2 N–H and O–H groups in total. The van der Waals surface area contributed by atoms with Crippen LogP contribution < -0.4 is 5.46 Å². The number of benzene rings is 12. The molecule has 1 aliphatic heterocycles. The molecule has 12 aromatic carbocycles. The summed E-state index contributed by atoms with van der Waals surface area (Å²) in [6.45, 7) is 9.71. The fourth-order valence-electron chi connectivity index (χ4n) is 10.6. The van der Waals surface area contributed by atoms with E-state index in [1.165, 1.54) is 62.7 Å². The zero-order valence-electron chi connectivity index (χ0n) is 49.1. The molecule has 0 unspecified atom stereocenters. The monoisotopic (exact) mass is 1210 g/mol. The summed E-state index contributed by atoms with van der Waals surface area (Å²) < 4.78 is 20.4. The highest BCUT2D eigenvalue weighted by molar-refractivity contribution is 7.41. The zero-order valence-corrected chi connectivity index (χ0v) is 50.7. The second kappa shape index (κ2) is 33.0. The van der Waals surface area contributed by atoms with Crippen LogP contribution in [0.1, 0.15) is 52.2 Å². The Balaban J connectivity index is 0.000000157. The molecule has 1 aliphatic carbocycles. The van der Waals surface area contributed by atoms with E-state index in [1.807, 2.05) is 93.6 Å². The molecule has 0 atom stereocenters. The van der Waals surface area contributed by atoms with Crippen molar-refractivity contribution in [1.29, 1.82) is 0 Å². The lowest BCUT2D eigenvalue weighted by Gasteiger charge is -2.22. The standard InChI is InChI=1S/C21H14.C20H13NO2.C10H9BO2.C10H6ClNO2.C6H15O3P.C4H8O.CH4.CH3/c1-2-9-17-14(5-1)11-12-18-19-10-4-7-15-6-3-8-16(21(15)19)13-20(17)18;22-21(23)19-10-4-8-15-7-3-9-18(20(15)19)17-12-11-14-5-1-2-6-16(14)13-17;12-11(13)10-6-5-8-3-1-2-4-9(8)7-10;11-8-5-1-3-7-4-2-6-9(10(7)8)12(13)14;1-4-7-10(8-5-2)9-6-3;1-2-4-5-3-1;;/h1-12H,13H2;1-13H;1-7,12-13H;1-6H;4-6H2,1-3H3;1-4H2;1H4;1H3/q;;;;;;;-1. The van der Waals surface area contributed by atoms with Crippen LogP contribution in [0, 0.1) is 27.7 Å². The second-order valence-corrected chi connectivity index (χ2v) is 21.6. The molecule has 1 heterocycles. The van der Waals surface area contributed by atoms with Crippen LogP contribution >= 0.6 is 20.2 Å². The van der Waals surface area contributed by atoms with Gasteiger partial charge in [0.2, 0.25) is 0 Å². The third-order valence-electron chi connectivity index (χ3n) is 14.5. The lowest BCUT2D eigenvalue weighted by atomic mass is 9.79. The average Bonchev–Trinajstić information content (AvgIpc) is 0.862. The van der Waals surface area contributed by atoms with Gasteiger partial charge in [0.15, 0.2) is 0 Å². The van der Waals surface area contributed by atoms with Gasteiger partial charge in [-0.25, -0.2) is 0 Å². The van der Waals surface area contributed by atoms with Crippen molar-refractivity contribution >= 4 is 109 Å². The molecule has 0 spiro atoms. The summed E-state index contributed by atoms with van der Waals surface area (Å²) in [5, 5.41) is 53.2. The lowest BCUT2D eigenvalue weighted by molar-refractivity contribution is -0.383. The number of ether oxygens (including phenoxy) is 1. The van der Waals surface area contributed by atoms with Crippen LogP contribution in [-0.2, 0) is 24.7 Å². The topological polar surface area (TPSA) is 164 Å². The van der Waals surface area contributed by atoms with E-state index in [-0.39, 0.29) is 31.2 Å². The minimum atomic E-state index is -1.38. The van der Waals surface area contributed by atoms with Crippen molar-refractivity contribution in [2.75, 3.05) is 33.0 Å². The number of rotatable bonds is 10. The molecule has 0 aromatic heterocycles. The van der Waals surface area contributed by atoms with Crippen molar-refractivity contribution in [2.45, 2.75) is 47.5 Å². The molecular weight excluding hydrogens is 1140 g/mol. The van der Waals surface area contributed by atoms with Crippen LogP contribution in [0.2, 0.25) is 5.02 Å². The molecule has 0 saturated carbocycles. The number of fused-ring (bicyclic) bond motifs is 8. The molecule has 1 fully saturated rings. The van der Waals surface area contributed by atoms with Gasteiger partial charge in [-0.05, 0) is 145 Å². The number of nitro groups is 2. The molecule has 0 amide bonds. The first-order chi connectivity index (χ1) is 42.0. The summed E-state index contributed by atoms with van der Waals surface area (Å²) in [6, 6.07) is 75.2. The van der Waals surface area contributed by atoms with E-state index in [4.69, 9.17) is 40.0 Å². The van der Waals surface area contributed by atoms with Crippen LogP contribution in [0.5, 0.6) is 0 Å². The van der Waals surface area contributed by atoms with E-state index in [1.54, 1.807) is 54.6 Å². The lowest BCUT2D eigenvalue weighted by Crippen LogP contribution is -2.29. The molecule has 450 valence electrons. The van der Waals surface area contributed by atoms with Gasteiger partial charge in [-0.3, -0.25) is 20.2 Å². The number of halogens is 1. The molecule has 1 saturated heterocycles. The van der Waals surface area contributed by atoms with Gasteiger partial charge in [-0.2, -0.15) is 0 Å². The third-order valence-corrected chi connectivity index (χ3v) is 16.2. The van der Waals surface area contributed by atoms with E-state index in [0.29, 0.717) is 41.1 Å². The summed E-state index contributed by atoms with van der Waals surface area (Å²) in [4.78, 5) is 21.4. The summed E-state index contributed by atoms with van der Waals surface area (Å²) in [6.07, 6.45) is 3.59. The van der Waals surface area contributed by atoms with Crippen LogP contribution in [0.3, 0.4) is 0 Å². The highest BCUT2D eigenvalue weighted by atomic mass is 35.5. The second-order valence-electron chi connectivity index (χ2n) is 20.0. The molecule has 12 aromatic rings. The highest BCUT2D eigenvalue weighted by Gasteiger charge is 2.21. The van der Waals surface area contributed by atoms with E-state index in [0.717, 1.165) is 63.1 Å². The summed E-state index contributed by atoms with van der Waals surface area (Å²) in [5.41, 5.74) is 8.31. The van der Waals surface area contributed by atoms with Gasteiger partial charge in [0.25, 0.3) is 11.4 Å². The van der Waals surface area contributed by atoms with E-state index >= 15 is 0 Å². The maximum absolute atomic E-state index is 11.4. The van der Waals surface area contributed by atoms with E-state index in [2.05, 4.69) is 97.1 Å². The minimum Gasteiger partial charge on any atom is -0.423 e. The minimum absolute atomic E-state index is 0. The van der Waals surface area contributed by atoms with Crippen molar-refractivity contribution in [2.24, 2.45) is 0 Å². The molecule has 14 rings (SSSR count). The van der Waals surface area contributed by atoms with Crippen molar-refractivity contribution in [3.05, 3.63) is 274 Å². The Morgan fingerprint density at radius 1 is 0.489 bits per heavy atom. The van der Waals surface area contributed by atoms with Crippen LogP contribution in [-0.4, -0.2) is 60.0 Å². The summed E-state index contributed by atoms with van der Waals surface area (Å²) in [5.74, 6) is 0. The van der Waals surface area contributed by atoms with Gasteiger partial charge >= 0.3 is 15.7 Å². The fraction of sp³-hybridized carbons (Fsp3) is 0.164. The fourth-order valence-corrected chi connectivity index (χ4v) is 11.7. The SMILES string of the molecule is C.C1CCOC1.CCOP(OCC)OCC.O=[N+]([O-])c1cccc2cccc(-c3ccc4ccccc4c3)c12.O=[N+]([O-])c1cccc2cccc(Cl)c12.OB(O)c1ccc2ccccc2c1.[CH3-].c1ccc2c3c(ccc2c1)-c1cccc2cccc(c12)C3. The van der Waals surface area contributed by atoms with Gasteiger partial charge in [0.1, 0.15) is 0 Å². The van der Waals surface area contributed by atoms with Crippen LogP contribution in [0.15, 0.2) is 231 Å². The molecule has 12 nitrogen and oxygen atoms in total. The molecule has 0 radical (unpaired) electrons. The van der Waals surface area contributed by atoms with Crippen molar-refractivity contribution < 1.29 is 38.2 Å². The molecule has 15 heteroatoms. The Kier molecular flexibility index (Phi) is 25.2. The maximum atomic E-state index is 11.4. The maximum Gasteiger partial charge on any atom is 0.488 e. The van der Waals surface area contributed by atoms with Gasteiger partial charge < -0.3 is 35.8 Å². The highest BCUT2D eigenvalue weighted by Crippen LogP contribution is 2.43. The zero-order chi connectivity index (χ0) is 60.4. The third kappa shape index (κ3) is 16.6. The van der Waals surface area contributed by atoms with Gasteiger partial charge in [0.05, 0.1) is 45.5 Å². The first-order valence-corrected chi connectivity index (χ1v) is 30.0. The Labute approximate surface area is 521 Å². The first-order valence-electron chi connectivity index (χ1n) is 28.6.